The highest BCUT2D eigenvalue weighted by atomic mass is 16.5. The predicted molar refractivity (Wildman–Crippen MR) is 68.1 cm³/mol. The Bertz CT molecular complexity index is 310. The molecule has 2 N–H and O–H groups in total. The van der Waals surface area contributed by atoms with E-state index < -0.39 is 12.0 Å². The Hall–Kier alpha value is -1.34. The molecule has 1 rings (SSSR count). The third-order valence-corrected chi connectivity index (χ3v) is 2.89. The van der Waals surface area contributed by atoms with Gasteiger partial charge in [0.05, 0.1) is 31.8 Å². The fourth-order valence-electron chi connectivity index (χ4n) is 1.97. The van der Waals surface area contributed by atoms with E-state index in [1.807, 2.05) is 13.8 Å². The van der Waals surface area contributed by atoms with Crippen LogP contribution in [0.5, 0.6) is 0 Å². The lowest BCUT2D eigenvalue weighted by atomic mass is 10.1. The number of carboxylic acid groups (broad SMARTS) is 1. The maximum absolute atomic E-state index is 12.0. The monoisotopic (exact) mass is 274 g/mol. The maximum atomic E-state index is 12.0. The van der Waals surface area contributed by atoms with Gasteiger partial charge in [0.2, 0.25) is 0 Å². The molecule has 0 aromatic carbocycles. The van der Waals surface area contributed by atoms with Crippen LogP contribution in [0.25, 0.3) is 0 Å². The summed E-state index contributed by atoms with van der Waals surface area (Å²) in [5, 5.41) is 11.6. The number of amides is 2. The molecule has 1 fully saturated rings. The van der Waals surface area contributed by atoms with Crippen molar-refractivity contribution < 1.29 is 24.2 Å². The lowest BCUT2D eigenvalue weighted by Gasteiger charge is -2.35. The molecule has 0 aromatic heterocycles. The topological polar surface area (TPSA) is 88.1 Å². The van der Waals surface area contributed by atoms with Crippen LogP contribution in [0, 0.1) is 0 Å². The van der Waals surface area contributed by atoms with E-state index in [1.54, 1.807) is 0 Å². The molecule has 1 aliphatic heterocycles. The third-order valence-electron chi connectivity index (χ3n) is 2.89. The number of nitrogens with one attached hydrogen (secondary N) is 1. The van der Waals surface area contributed by atoms with E-state index in [0.717, 1.165) is 0 Å². The number of ether oxygens (including phenoxy) is 2. The Morgan fingerprint density at radius 2 is 2.32 bits per heavy atom. The summed E-state index contributed by atoms with van der Waals surface area (Å²) in [6, 6.07) is -0.672. The van der Waals surface area contributed by atoms with Gasteiger partial charge in [-0.15, -0.1) is 0 Å². The minimum Gasteiger partial charge on any atom is -0.481 e. The number of hydrogen-bond donors (Lipinski definition) is 2. The highest BCUT2D eigenvalue weighted by Crippen LogP contribution is 2.10. The van der Waals surface area contributed by atoms with Crippen LogP contribution in [0.15, 0.2) is 0 Å². The van der Waals surface area contributed by atoms with Crippen molar-refractivity contribution in [3.05, 3.63) is 0 Å². The molecule has 0 aliphatic carbocycles. The number of hydrogen-bond acceptors (Lipinski definition) is 4. The Kier molecular flexibility index (Phi) is 6.58. The average molecular weight is 274 g/mol. The van der Waals surface area contributed by atoms with Crippen molar-refractivity contribution >= 4 is 12.0 Å². The van der Waals surface area contributed by atoms with Gasteiger partial charge in [-0.05, 0) is 13.8 Å². The van der Waals surface area contributed by atoms with Gasteiger partial charge in [-0.3, -0.25) is 4.79 Å². The highest BCUT2D eigenvalue weighted by Gasteiger charge is 2.29. The number of morpholine rings is 1. The molecule has 1 heterocycles. The Balaban J connectivity index is 2.45. The first kappa shape index (κ1) is 15.7. The van der Waals surface area contributed by atoms with Gasteiger partial charge in [-0.25, -0.2) is 4.79 Å². The van der Waals surface area contributed by atoms with Crippen molar-refractivity contribution in [3.63, 3.8) is 0 Å². The van der Waals surface area contributed by atoms with Crippen LogP contribution in [-0.4, -0.2) is 67.1 Å². The van der Waals surface area contributed by atoms with Gasteiger partial charge >= 0.3 is 12.0 Å². The molecule has 0 spiro atoms. The molecule has 110 valence electrons. The predicted octanol–water partition coefficient (Wildman–Crippen LogP) is 0.297. The van der Waals surface area contributed by atoms with Crippen LogP contribution in [-0.2, 0) is 14.3 Å². The summed E-state index contributed by atoms with van der Waals surface area (Å²) in [5.41, 5.74) is 0. The third kappa shape index (κ3) is 5.44. The van der Waals surface area contributed by atoms with Gasteiger partial charge < -0.3 is 24.8 Å². The smallest absolute Gasteiger partial charge is 0.317 e. The molecule has 0 saturated carbocycles. The van der Waals surface area contributed by atoms with E-state index >= 15 is 0 Å². The van der Waals surface area contributed by atoms with E-state index in [4.69, 9.17) is 14.6 Å². The van der Waals surface area contributed by atoms with Crippen molar-refractivity contribution in [1.29, 1.82) is 0 Å². The van der Waals surface area contributed by atoms with Crippen molar-refractivity contribution in [1.82, 2.24) is 10.2 Å². The summed E-state index contributed by atoms with van der Waals surface area (Å²) >= 11 is 0. The van der Waals surface area contributed by atoms with Crippen LogP contribution < -0.4 is 5.32 Å². The largest absolute Gasteiger partial charge is 0.481 e. The standard InChI is InChI=1S/C12H22N2O5/c1-3-19-9(2)7-13-12(17)14-4-5-18-8-10(14)6-11(15)16/h9-10H,3-8H2,1-2H3,(H,13,17)(H,15,16). The molecule has 0 radical (unpaired) electrons. The summed E-state index contributed by atoms with van der Waals surface area (Å²) < 4.78 is 10.5. The van der Waals surface area contributed by atoms with Gasteiger partial charge in [0.15, 0.2) is 0 Å². The van der Waals surface area contributed by atoms with E-state index in [9.17, 15) is 9.59 Å². The molecule has 1 saturated heterocycles. The molecule has 1 aliphatic rings. The Labute approximate surface area is 112 Å². The number of carbonyl (C=O) groups excluding carboxylic acids is 1. The van der Waals surface area contributed by atoms with Crippen LogP contribution in [0.4, 0.5) is 4.79 Å². The molecular formula is C12H22N2O5. The van der Waals surface area contributed by atoms with Crippen LogP contribution >= 0.6 is 0 Å². The molecular weight excluding hydrogens is 252 g/mol. The molecule has 7 heteroatoms. The summed E-state index contributed by atoms with van der Waals surface area (Å²) in [7, 11) is 0. The zero-order valence-electron chi connectivity index (χ0n) is 11.4. The number of nitrogens with zero attached hydrogens (tertiary/aromatic N) is 1. The van der Waals surface area contributed by atoms with Crippen molar-refractivity contribution in [2.75, 3.05) is 32.9 Å². The summed E-state index contributed by atoms with van der Waals surface area (Å²) in [4.78, 5) is 24.3. The van der Waals surface area contributed by atoms with Gasteiger partial charge in [0.1, 0.15) is 0 Å². The molecule has 19 heavy (non-hydrogen) atoms. The number of carbonyl (C=O) groups is 2. The van der Waals surface area contributed by atoms with Crippen LogP contribution in [0.2, 0.25) is 0 Å². The zero-order valence-corrected chi connectivity index (χ0v) is 11.4. The normalized spacial score (nSPS) is 20.9. The van der Waals surface area contributed by atoms with Gasteiger partial charge in [0, 0.05) is 19.7 Å². The first-order chi connectivity index (χ1) is 9.04. The molecule has 2 amide bonds. The number of urea groups is 1. The molecule has 0 bridgehead atoms. The molecule has 7 nitrogen and oxygen atoms in total. The van der Waals surface area contributed by atoms with E-state index in [1.165, 1.54) is 4.90 Å². The molecule has 2 atom stereocenters. The fourth-order valence-corrected chi connectivity index (χ4v) is 1.97. The molecule has 0 aromatic rings. The second-order valence-electron chi connectivity index (χ2n) is 4.47. The number of carboxylic acids is 1. The van der Waals surface area contributed by atoms with E-state index in [-0.39, 0.29) is 25.2 Å². The zero-order chi connectivity index (χ0) is 14.3. The number of rotatable bonds is 6. The van der Waals surface area contributed by atoms with E-state index in [0.29, 0.717) is 26.3 Å². The van der Waals surface area contributed by atoms with Gasteiger partial charge in [-0.1, -0.05) is 0 Å². The molecule has 2 unspecified atom stereocenters. The SMILES string of the molecule is CCOC(C)CNC(=O)N1CCOCC1CC(=O)O. The maximum Gasteiger partial charge on any atom is 0.317 e. The van der Waals surface area contributed by atoms with Gasteiger partial charge in [-0.2, -0.15) is 0 Å². The van der Waals surface area contributed by atoms with Crippen LogP contribution in [0.3, 0.4) is 0 Å². The minimum atomic E-state index is -0.934. The summed E-state index contributed by atoms with van der Waals surface area (Å²) in [5.74, 6) is -0.934. The number of aliphatic carboxylic acids is 1. The second-order valence-corrected chi connectivity index (χ2v) is 4.47. The first-order valence-corrected chi connectivity index (χ1v) is 6.50. The van der Waals surface area contributed by atoms with Crippen LogP contribution in [0.1, 0.15) is 20.3 Å². The minimum absolute atomic E-state index is 0.0621. The van der Waals surface area contributed by atoms with E-state index in [2.05, 4.69) is 5.32 Å². The first-order valence-electron chi connectivity index (χ1n) is 6.50. The van der Waals surface area contributed by atoms with Crippen molar-refractivity contribution in [2.24, 2.45) is 0 Å². The van der Waals surface area contributed by atoms with Crippen molar-refractivity contribution in [2.45, 2.75) is 32.4 Å². The summed E-state index contributed by atoms with van der Waals surface area (Å²) in [6.07, 6.45) is -0.165. The summed E-state index contributed by atoms with van der Waals surface area (Å²) in [6.45, 7) is 5.87. The Morgan fingerprint density at radius 3 is 2.95 bits per heavy atom. The van der Waals surface area contributed by atoms with Crippen molar-refractivity contribution in [3.8, 4) is 0 Å². The average Bonchev–Trinajstić information content (AvgIpc) is 2.36. The fraction of sp³-hybridized carbons (Fsp3) is 0.833. The highest BCUT2D eigenvalue weighted by molar-refractivity contribution is 5.76. The second kappa shape index (κ2) is 7.96. The van der Waals surface area contributed by atoms with Gasteiger partial charge in [0.25, 0.3) is 0 Å². The lowest BCUT2D eigenvalue weighted by molar-refractivity contribution is -0.139. The lowest BCUT2D eigenvalue weighted by Crippen LogP contribution is -2.54. The quantitative estimate of drug-likeness (QED) is 0.727. The Morgan fingerprint density at radius 1 is 1.58 bits per heavy atom.